The quantitative estimate of drug-likeness (QED) is 0.716. The van der Waals surface area contributed by atoms with Gasteiger partial charge in [0.25, 0.3) is 5.91 Å². The lowest BCUT2D eigenvalue weighted by Gasteiger charge is -2.18. The third-order valence-corrected chi connectivity index (χ3v) is 3.23. The number of nitrogens with zero attached hydrogens (tertiary/aromatic N) is 1. The molecule has 1 atom stereocenters. The van der Waals surface area contributed by atoms with Crippen LogP contribution in [0.25, 0.3) is 0 Å². The van der Waals surface area contributed by atoms with Crippen LogP contribution in [0.1, 0.15) is 43.0 Å². The number of aromatic hydroxyl groups is 2. The standard InChI is InChI=1S/C14H18N2O3/c1-9-3-2-4-11(5-9)15-16-14(19)10-6-12(17)8-13(18)7-10/h6-9,17-18H,2-5H2,1H3,(H,16,19)/b15-11+/t9-/m0/s1. The van der Waals surface area contributed by atoms with Crippen molar-refractivity contribution in [1.82, 2.24) is 5.43 Å². The summed E-state index contributed by atoms with van der Waals surface area (Å²) in [6.45, 7) is 2.17. The summed E-state index contributed by atoms with van der Waals surface area (Å²) in [6.07, 6.45) is 4.12. The summed E-state index contributed by atoms with van der Waals surface area (Å²) in [5.74, 6) is -0.126. The van der Waals surface area contributed by atoms with Gasteiger partial charge < -0.3 is 10.2 Å². The average Bonchev–Trinajstić information content (AvgIpc) is 2.35. The highest BCUT2D eigenvalue weighted by Gasteiger charge is 2.14. The Hall–Kier alpha value is -2.04. The maximum Gasteiger partial charge on any atom is 0.271 e. The van der Waals surface area contributed by atoms with Crippen molar-refractivity contribution in [3.05, 3.63) is 23.8 Å². The molecule has 1 aromatic carbocycles. The fourth-order valence-electron chi connectivity index (χ4n) is 2.28. The maximum absolute atomic E-state index is 11.8. The second kappa shape index (κ2) is 5.73. The first-order chi connectivity index (χ1) is 9.04. The molecule has 0 aliphatic heterocycles. The van der Waals surface area contributed by atoms with Crippen molar-refractivity contribution in [3.63, 3.8) is 0 Å². The molecule has 1 saturated carbocycles. The number of nitrogens with one attached hydrogen (secondary N) is 1. The van der Waals surface area contributed by atoms with E-state index in [1.807, 2.05) is 0 Å². The summed E-state index contributed by atoms with van der Waals surface area (Å²) in [7, 11) is 0. The molecule has 1 fully saturated rings. The molecule has 0 heterocycles. The van der Waals surface area contributed by atoms with Crippen LogP contribution in [0, 0.1) is 5.92 Å². The topological polar surface area (TPSA) is 81.9 Å². The van der Waals surface area contributed by atoms with Crippen molar-refractivity contribution in [2.45, 2.75) is 32.6 Å². The van der Waals surface area contributed by atoms with Crippen molar-refractivity contribution in [2.24, 2.45) is 11.0 Å². The zero-order valence-electron chi connectivity index (χ0n) is 10.9. The lowest BCUT2D eigenvalue weighted by molar-refractivity contribution is 0.0953. The van der Waals surface area contributed by atoms with Crippen molar-refractivity contribution in [2.75, 3.05) is 0 Å². The fraction of sp³-hybridized carbons (Fsp3) is 0.429. The van der Waals surface area contributed by atoms with Crippen LogP contribution in [0.4, 0.5) is 0 Å². The maximum atomic E-state index is 11.8. The predicted octanol–water partition coefficient (Wildman–Crippen LogP) is 2.39. The van der Waals surface area contributed by atoms with Gasteiger partial charge in [-0.05, 0) is 43.7 Å². The first kappa shape index (κ1) is 13.4. The van der Waals surface area contributed by atoms with Crippen LogP contribution in [0.15, 0.2) is 23.3 Å². The summed E-state index contributed by atoms with van der Waals surface area (Å²) < 4.78 is 0. The van der Waals surface area contributed by atoms with Gasteiger partial charge in [-0.1, -0.05) is 6.92 Å². The van der Waals surface area contributed by atoms with E-state index < -0.39 is 5.91 Å². The molecule has 0 saturated heterocycles. The Morgan fingerprint density at radius 1 is 1.32 bits per heavy atom. The second-order valence-corrected chi connectivity index (χ2v) is 5.06. The lowest BCUT2D eigenvalue weighted by Crippen LogP contribution is -2.22. The van der Waals surface area contributed by atoms with E-state index in [-0.39, 0.29) is 17.1 Å². The van der Waals surface area contributed by atoms with Crippen LogP contribution < -0.4 is 5.43 Å². The smallest absolute Gasteiger partial charge is 0.271 e. The third-order valence-electron chi connectivity index (χ3n) is 3.23. The minimum absolute atomic E-state index is 0.149. The molecule has 5 nitrogen and oxygen atoms in total. The summed E-state index contributed by atoms with van der Waals surface area (Å²) in [6, 6.07) is 3.75. The SMILES string of the molecule is C[C@H]1CCC/C(=N\NC(=O)c2cc(O)cc(O)c2)C1. The first-order valence-corrected chi connectivity index (χ1v) is 6.43. The van der Waals surface area contributed by atoms with Crippen LogP contribution >= 0.6 is 0 Å². The zero-order chi connectivity index (χ0) is 13.8. The van der Waals surface area contributed by atoms with Gasteiger partial charge in [0.05, 0.1) is 0 Å². The molecule has 0 aromatic heterocycles. The van der Waals surface area contributed by atoms with Crippen molar-refractivity contribution >= 4 is 11.6 Å². The molecule has 0 unspecified atom stereocenters. The van der Waals surface area contributed by atoms with Crippen LogP contribution in [-0.2, 0) is 0 Å². The molecular weight excluding hydrogens is 244 g/mol. The monoisotopic (exact) mass is 262 g/mol. The average molecular weight is 262 g/mol. The molecule has 2 rings (SSSR count). The van der Waals surface area contributed by atoms with E-state index in [1.54, 1.807) is 0 Å². The number of rotatable bonds is 2. The predicted molar refractivity (Wildman–Crippen MR) is 72.3 cm³/mol. The van der Waals surface area contributed by atoms with Gasteiger partial charge in [0.15, 0.2) is 0 Å². The van der Waals surface area contributed by atoms with Gasteiger partial charge >= 0.3 is 0 Å². The largest absolute Gasteiger partial charge is 0.508 e. The Morgan fingerprint density at radius 2 is 2.00 bits per heavy atom. The number of benzene rings is 1. The van der Waals surface area contributed by atoms with Gasteiger partial charge in [-0.25, -0.2) is 5.43 Å². The molecule has 1 amide bonds. The highest BCUT2D eigenvalue weighted by molar-refractivity contribution is 5.96. The van der Waals surface area contributed by atoms with E-state index in [0.29, 0.717) is 5.92 Å². The number of amides is 1. The van der Waals surface area contributed by atoms with E-state index in [2.05, 4.69) is 17.5 Å². The normalized spacial score (nSPS) is 21.3. The number of phenols is 2. The van der Waals surface area contributed by atoms with Crippen LogP contribution in [-0.4, -0.2) is 21.8 Å². The number of hydrogen-bond donors (Lipinski definition) is 3. The van der Waals surface area contributed by atoms with E-state index in [0.717, 1.165) is 25.0 Å². The van der Waals surface area contributed by atoms with Gasteiger partial charge in [-0.15, -0.1) is 0 Å². The number of hydrazone groups is 1. The van der Waals surface area contributed by atoms with Gasteiger partial charge in [0.1, 0.15) is 11.5 Å². The molecule has 0 bridgehead atoms. The van der Waals surface area contributed by atoms with Crippen LogP contribution in [0.3, 0.4) is 0 Å². The van der Waals surface area contributed by atoms with Crippen LogP contribution in [0.2, 0.25) is 0 Å². The van der Waals surface area contributed by atoms with E-state index in [4.69, 9.17) is 0 Å². The summed E-state index contributed by atoms with van der Waals surface area (Å²) in [5.41, 5.74) is 3.65. The molecule has 5 heteroatoms. The Bertz CT molecular complexity index is 491. The summed E-state index contributed by atoms with van der Waals surface area (Å²) >= 11 is 0. The molecule has 19 heavy (non-hydrogen) atoms. The molecular formula is C14H18N2O3. The zero-order valence-corrected chi connectivity index (χ0v) is 10.9. The number of carbonyl (C=O) groups excluding carboxylic acids is 1. The third kappa shape index (κ3) is 3.71. The molecule has 1 aromatic rings. The molecule has 1 aliphatic carbocycles. The number of carbonyl (C=O) groups is 1. The molecule has 1 aliphatic rings. The molecule has 102 valence electrons. The second-order valence-electron chi connectivity index (χ2n) is 5.06. The minimum Gasteiger partial charge on any atom is -0.508 e. The Kier molecular flexibility index (Phi) is 4.04. The van der Waals surface area contributed by atoms with Gasteiger partial charge in [0, 0.05) is 17.3 Å². The molecule has 0 radical (unpaired) electrons. The Balaban J connectivity index is 2.02. The van der Waals surface area contributed by atoms with E-state index in [9.17, 15) is 15.0 Å². The molecule has 3 N–H and O–H groups in total. The fourth-order valence-corrected chi connectivity index (χ4v) is 2.28. The Labute approximate surface area is 112 Å². The highest BCUT2D eigenvalue weighted by Crippen LogP contribution is 2.22. The number of phenolic OH excluding ortho intramolecular Hbond substituents is 2. The summed E-state index contributed by atoms with van der Waals surface area (Å²) in [4.78, 5) is 11.8. The van der Waals surface area contributed by atoms with Gasteiger partial charge in [-0.3, -0.25) is 4.79 Å². The summed E-state index contributed by atoms with van der Waals surface area (Å²) in [5, 5.41) is 22.8. The number of hydrogen-bond acceptors (Lipinski definition) is 4. The highest BCUT2D eigenvalue weighted by atomic mass is 16.3. The van der Waals surface area contributed by atoms with Crippen LogP contribution in [0.5, 0.6) is 11.5 Å². The Morgan fingerprint density at radius 3 is 2.63 bits per heavy atom. The lowest BCUT2D eigenvalue weighted by atomic mass is 9.89. The first-order valence-electron chi connectivity index (χ1n) is 6.43. The van der Waals surface area contributed by atoms with Gasteiger partial charge in [0.2, 0.25) is 0 Å². The van der Waals surface area contributed by atoms with E-state index in [1.165, 1.54) is 24.6 Å². The van der Waals surface area contributed by atoms with Crippen molar-refractivity contribution in [1.29, 1.82) is 0 Å². The van der Waals surface area contributed by atoms with Gasteiger partial charge in [-0.2, -0.15) is 5.10 Å². The van der Waals surface area contributed by atoms with Crippen molar-refractivity contribution in [3.8, 4) is 11.5 Å². The molecule has 0 spiro atoms. The minimum atomic E-state index is -0.433. The van der Waals surface area contributed by atoms with E-state index >= 15 is 0 Å². The van der Waals surface area contributed by atoms with Crippen molar-refractivity contribution < 1.29 is 15.0 Å².